The van der Waals surface area contributed by atoms with Gasteiger partial charge in [-0.05, 0) is 29.4 Å². The lowest BCUT2D eigenvalue weighted by atomic mass is 9.76. The first-order valence-electron chi connectivity index (χ1n) is 7.59. The van der Waals surface area contributed by atoms with Gasteiger partial charge < -0.3 is 5.11 Å². The summed E-state index contributed by atoms with van der Waals surface area (Å²) < 4.78 is 27.1. The van der Waals surface area contributed by atoms with Crippen molar-refractivity contribution < 1.29 is 13.5 Å². The maximum Gasteiger partial charge on any atom is 0.215 e. The van der Waals surface area contributed by atoms with E-state index in [-0.39, 0.29) is 17.8 Å². The van der Waals surface area contributed by atoms with Crippen molar-refractivity contribution in [1.82, 2.24) is 4.72 Å². The highest BCUT2D eigenvalue weighted by Gasteiger charge is 2.28. The van der Waals surface area contributed by atoms with Gasteiger partial charge in [-0.25, -0.2) is 13.1 Å². The number of nitrogens with one attached hydrogen (secondary N) is 1. The monoisotopic (exact) mass is 311 g/mol. The van der Waals surface area contributed by atoms with Crippen molar-refractivity contribution in [3.8, 4) is 0 Å². The first-order valence-corrected chi connectivity index (χ1v) is 9.24. The summed E-state index contributed by atoms with van der Waals surface area (Å²) in [6, 6.07) is 7.03. The quantitative estimate of drug-likeness (QED) is 0.848. The van der Waals surface area contributed by atoms with Crippen molar-refractivity contribution >= 4 is 10.0 Å². The highest BCUT2D eigenvalue weighted by molar-refractivity contribution is 7.88. The van der Waals surface area contributed by atoms with Crippen LogP contribution in [0.25, 0.3) is 0 Å². The molecule has 0 aromatic heterocycles. The van der Waals surface area contributed by atoms with E-state index in [9.17, 15) is 8.42 Å². The standard InChI is InChI=1S/C16H25NO3S/c1-16(9-3-2-4-10-16)13-17-21(19,20)12-15-7-5-14(11-18)6-8-15/h5-8,17-18H,2-4,9-13H2,1H3. The lowest BCUT2D eigenvalue weighted by Gasteiger charge is -2.33. The molecule has 1 fully saturated rings. The second-order valence-corrected chi connectivity index (χ2v) is 8.23. The maximum atomic E-state index is 12.2. The molecule has 1 aliphatic rings. The minimum atomic E-state index is -3.30. The third kappa shape index (κ3) is 5.09. The van der Waals surface area contributed by atoms with Gasteiger partial charge in [-0.2, -0.15) is 0 Å². The Bertz CT molecular complexity index is 545. The number of aliphatic hydroxyl groups is 1. The molecule has 2 N–H and O–H groups in total. The second-order valence-electron chi connectivity index (χ2n) is 6.43. The summed E-state index contributed by atoms with van der Waals surface area (Å²) in [5.74, 6) is -0.00517. The van der Waals surface area contributed by atoms with Gasteiger partial charge in [0.1, 0.15) is 0 Å². The number of hydrogen-bond acceptors (Lipinski definition) is 3. The van der Waals surface area contributed by atoms with Gasteiger partial charge in [-0.3, -0.25) is 0 Å². The Kier molecular flexibility index (Phi) is 5.41. The zero-order valence-corrected chi connectivity index (χ0v) is 13.5. The molecule has 5 heteroatoms. The zero-order chi connectivity index (χ0) is 15.3. The molecule has 0 atom stereocenters. The Morgan fingerprint density at radius 1 is 1.10 bits per heavy atom. The molecule has 0 heterocycles. The van der Waals surface area contributed by atoms with E-state index >= 15 is 0 Å². The van der Waals surface area contributed by atoms with Crippen LogP contribution in [0.3, 0.4) is 0 Å². The van der Waals surface area contributed by atoms with E-state index in [0.29, 0.717) is 6.54 Å². The second kappa shape index (κ2) is 6.90. The third-order valence-electron chi connectivity index (χ3n) is 4.34. The van der Waals surface area contributed by atoms with Crippen LogP contribution in [0.5, 0.6) is 0 Å². The average Bonchev–Trinajstić information content (AvgIpc) is 2.47. The Labute approximate surface area is 127 Å². The van der Waals surface area contributed by atoms with Gasteiger partial charge >= 0.3 is 0 Å². The zero-order valence-electron chi connectivity index (χ0n) is 12.6. The Morgan fingerprint density at radius 2 is 1.67 bits per heavy atom. The minimum Gasteiger partial charge on any atom is -0.392 e. The van der Waals surface area contributed by atoms with Gasteiger partial charge in [0.15, 0.2) is 0 Å². The molecule has 0 amide bonds. The molecule has 2 rings (SSSR count). The van der Waals surface area contributed by atoms with Crippen LogP contribution in [-0.2, 0) is 22.4 Å². The molecule has 1 aromatic rings. The minimum absolute atomic E-state index is 0.00517. The Hall–Kier alpha value is -0.910. The SMILES string of the molecule is CC1(CNS(=O)(=O)Cc2ccc(CO)cc2)CCCCC1. The highest BCUT2D eigenvalue weighted by atomic mass is 32.2. The molecule has 0 aliphatic heterocycles. The van der Waals surface area contributed by atoms with Crippen LogP contribution in [0.15, 0.2) is 24.3 Å². The maximum absolute atomic E-state index is 12.2. The smallest absolute Gasteiger partial charge is 0.215 e. The van der Waals surface area contributed by atoms with Gasteiger partial charge in [0.2, 0.25) is 10.0 Å². The van der Waals surface area contributed by atoms with Crippen LogP contribution in [0, 0.1) is 5.41 Å². The highest BCUT2D eigenvalue weighted by Crippen LogP contribution is 2.35. The predicted octanol–water partition coefficient (Wildman–Crippen LogP) is 2.57. The van der Waals surface area contributed by atoms with Crippen molar-refractivity contribution in [2.24, 2.45) is 5.41 Å². The van der Waals surface area contributed by atoms with E-state index in [0.717, 1.165) is 24.0 Å². The third-order valence-corrected chi connectivity index (χ3v) is 5.64. The number of rotatable bonds is 6. The van der Waals surface area contributed by atoms with Crippen molar-refractivity contribution in [2.45, 2.75) is 51.4 Å². The lowest BCUT2D eigenvalue weighted by molar-refractivity contribution is 0.219. The molecule has 118 valence electrons. The Balaban J connectivity index is 1.91. The Morgan fingerprint density at radius 3 is 2.24 bits per heavy atom. The number of hydrogen-bond donors (Lipinski definition) is 2. The molecule has 1 aliphatic carbocycles. The summed E-state index contributed by atoms with van der Waals surface area (Å²) in [4.78, 5) is 0. The summed E-state index contributed by atoms with van der Waals surface area (Å²) in [6.45, 7) is 2.68. The van der Waals surface area contributed by atoms with Crippen LogP contribution in [0.1, 0.15) is 50.2 Å². The molecule has 21 heavy (non-hydrogen) atoms. The fourth-order valence-electron chi connectivity index (χ4n) is 2.88. The molecule has 1 saturated carbocycles. The number of benzene rings is 1. The molecule has 4 nitrogen and oxygen atoms in total. The van der Waals surface area contributed by atoms with E-state index in [1.807, 2.05) is 0 Å². The first-order chi connectivity index (χ1) is 9.92. The summed E-state index contributed by atoms with van der Waals surface area (Å²) in [5.41, 5.74) is 1.64. The fourth-order valence-corrected chi connectivity index (χ4v) is 4.18. The number of sulfonamides is 1. The van der Waals surface area contributed by atoms with Gasteiger partial charge in [-0.1, -0.05) is 50.5 Å². The average molecular weight is 311 g/mol. The molecule has 0 radical (unpaired) electrons. The van der Waals surface area contributed by atoms with Crippen LogP contribution in [-0.4, -0.2) is 20.1 Å². The van der Waals surface area contributed by atoms with Gasteiger partial charge in [-0.15, -0.1) is 0 Å². The molecular weight excluding hydrogens is 286 g/mol. The topological polar surface area (TPSA) is 66.4 Å². The van der Waals surface area contributed by atoms with Gasteiger partial charge in [0, 0.05) is 6.54 Å². The molecule has 0 spiro atoms. The molecule has 0 unspecified atom stereocenters. The largest absolute Gasteiger partial charge is 0.392 e. The molecular formula is C16H25NO3S. The van der Waals surface area contributed by atoms with Gasteiger partial charge in [0.25, 0.3) is 0 Å². The van der Waals surface area contributed by atoms with Crippen LogP contribution < -0.4 is 4.72 Å². The van der Waals surface area contributed by atoms with E-state index in [1.165, 1.54) is 19.3 Å². The van der Waals surface area contributed by atoms with Gasteiger partial charge in [0.05, 0.1) is 12.4 Å². The van der Waals surface area contributed by atoms with Crippen LogP contribution >= 0.6 is 0 Å². The summed E-state index contributed by atoms with van der Waals surface area (Å²) in [6.07, 6.45) is 5.85. The molecule has 0 bridgehead atoms. The summed E-state index contributed by atoms with van der Waals surface area (Å²) in [5, 5.41) is 8.99. The predicted molar refractivity (Wildman–Crippen MR) is 84.2 cm³/mol. The van der Waals surface area contributed by atoms with E-state index in [2.05, 4.69) is 11.6 Å². The molecule has 0 saturated heterocycles. The van der Waals surface area contributed by atoms with E-state index in [4.69, 9.17) is 5.11 Å². The van der Waals surface area contributed by atoms with Crippen LogP contribution in [0.2, 0.25) is 0 Å². The van der Waals surface area contributed by atoms with Crippen LogP contribution in [0.4, 0.5) is 0 Å². The van der Waals surface area contributed by atoms with E-state index in [1.54, 1.807) is 24.3 Å². The van der Waals surface area contributed by atoms with Crippen molar-refractivity contribution in [3.63, 3.8) is 0 Å². The van der Waals surface area contributed by atoms with Crippen molar-refractivity contribution in [3.05, 3.63) is 35.4 Å². The lowest BCUT2D eigenvalue weighted by Crippen LogP contribution is -2.37. The summed E-state index contributed by atoms with van der Waals surface area (Å²) >= 11 is 0. The van der Waals surface area contributed by atoms with Crippen molar-refractivity contribution in [1.29, 1.82) is 0 Å². The van der Waals surface area contributed by atoms with Crippen molar-refractivity contribution in [2.75, 3.05) is 6.54 Å². The first kappa shape index (κ1) is 16.5. The molecule has 1 aromatic carbocycles. The van der Waals surface area contributed by atoms with E-state index < -0.39 is 10.0 Å². The summed E-state index contributed by atoms with van der Waals surface area (Å²) in [7, 11) is -3.30. The normalized spacial score (nSPS) is 18.6. The fraction of sp³-hybridized carbons (Fsp3) is 0.625. The number of aliphatic hydroxyl groups excluding tert-OH is 1.